The summed E-state index contributed by atoms with van der Waals surface area (Å²) in [6.07, 6.45) is 1.80. The van der Waals surface area contributed by atoms with Crippen molar-refractivity contribution in [3.63, 3.8) is 0 Å². The third kappa shape index (κ3) is 4.67. The molecule has 1 rings (SSSR count). The summed E-state index contributed by atoms with van der Waals surface area (Å²) < 4.78 is 0. The van der Waals surface area contributed by atoms with E-state index in [1.807, 2.05) is 13.8 Å². The third-order valence-corrected chi connectivity index (χ3v) is 4.13. The van der Waals surface area contributed by atoms with Gasteiger partial charge in [0.2, 0.25) is 0 Å². The van der Waals surface area contributed by atoms with Gasteiger partial charge in [0.15, 0.2) is 0 Å². The molecule has 2 N–H and O–H groups in total. The van der Waals surface area contributed by atoms with E-state index in [-0.39, 0.29) is 11.9 Å². The first-order chi connectivity index (χ1) is 9.35. The molecular weight excluding hydrogens is 258 g/mol. The summed E-state index contributed by atoms with van der Waals surface area (Å²) in [6.45, 7) is 6.48. The zero-order valence-corrected chi connectivity index (χ0v) is 12.9. The van der Waals surface area contributed by atoms with Crippen molar-refractivity contribution in [1.29, 1.82) is 0 Å². The van der Waals surface area contributed by atoms with Crippen LogP contribution >= 0.6 is 0 Å². The average Bonchev–Trinajstić information content (AvgIpc) is 2.79. The van der Waals surface area contributed by atoms with Crippen LogP contribution in [0.15, 0.2) is 0 Å². The maximum Gasteiger partial charge on any atom is 0.326 e. The van der Waals surface area contributed by atoms with Crippen molar-refractivity contribution >= 4 is 12.0 Å². The molecule has 3 unspecified atom stereocenters. The summed E-state index contributed by atoms with van der Waals surface area (Å²) in [5, 5.41) is 11.8. The Morgan fingerprint density at radius 2 is 2.15 bits per heavy atom. The zero-order chi connectivity index (χ0) is 15.3. The van der Waals surface area contributed by atoms with Crippen molar-refractivity contribution in [1.82, 2.24) is 15.1 Å². The monoisotopic (exact) mass is 285 g/mol. The predicted octanol–water partition coefficient (Wildman–Crippen LogP) is 1.08. The van der Waals surface area contributed by atoms with Crippen LogP contribution < -0.4 is 5.32 Å². The Kier molecular flexibility index (Phi) is 6.26. The summed E-state index contributed by atoms with van der Waals surface area (Å²) in [5.74, 6) is -0.577. The molecule has 20 heavy (non-hydrogen) atoms. The summed E-state index contributed by atoms with van der Waals surface area (Å²) in [7, 11) is 3.80. The van der Waals surface area contributed by atoms with Gasteiger partial charge in [-0.15, -0.1) is 0 Å². The van der Waals surface area contributed by atoms with Crippen molar-refractivity contribution in [2.45, 2.75) is 32.7 Å². The summed E-state index contributed by atoms with van der Waals surface area (Å²) in [5.41, 5.74) is 0. The number of hydrogen-bond donors (Lipinski definition) is 2. The van der Waals surface area contributed by atoms with Gasteiger partial charge >= 0.3 is 12.0 Å². The minimum atomic E-state index is -0.971. The lowest BCUT2D eigenvalue weighted by atomic mass is 9.99. The van der Waals surface area contributed by atoms with Crippen LogP contribution in [-0.2, 0) is 4.79 Å². The van der Waals surface area contributed by atoms with E-state index in [0.29, 0.717) is 18.9 Å². The molecule has 6 heteroatoms. The Morgan fingerprint density at radius 1 is 1.50 bits per heavy atom. The van der Waals surface area contributed by atoms with Gasteiger partial charge < -0.3 is 20.2 Å². The van der Waals surface area contributed by atoms with E-state index in [1.165, 1.54) is 0 Å². The van der Waals surface area contributed by atoms with E-state index in [4.69, 9.17) is 0 Å². The normalized spacial score (nSPS) is 22.3. The van der Waals surface area contributed by atoms with Gasteiger partial charge in [-0.25, -0.2) is 9.59 Å². The molecule has 1 saturated heterocycles. The molecule has 1 fully saturated rings. The fourth-order valence-corrected chi connectivity index (χ4v) is 2.57. The van der Waals surface area contributed by atoms with E-state index < -0.39 is 12.0 Å². The van der Waals surface area contributed by atoms with Crippen molar-refractivity contribution in [2.75, 3.05) is 33.7 Å². The molecule has 116 valence electrons. The van der Waals surface area contributed by atoms with Crippen LogP contribution in [0.5, 0.6) is 0 Å². The van der Waals surface area contributed by atoms with Crippen LogP contribution in [-0.4, -0.2) is 66.7 Å². The SMILES string of the molecule is CCC(C)C(NC(=O)N(C)CC1CCN(C)C1)C(=O)O. The number of aliphatic carboxylic acids is 1. The minimum absolute atomic E-state index is 0.0811. The van der Waals surface area contributed by atoms with Crippen LogP contribution in [0.3, 0.4) is 0 Å². The topological polar surface area (TPSA) is 72.9 Å². The van der Waals surface area contributed by atoms with Gasteiger partial charge in [-0.2, -0.15) is 0 Å². The van der Waals surface area contributed by atoms with Gasteiger partial charge in [0.05, 0.1) is 0 Å². The highest BCUT2D eigenvalue weighted by molar-refractivity contribution is 5.82. The number of nitrogens with zero attached hydrogens (tertiary/aromatic N) is 2. The van der Waals surface area contributed by atoms with Gasteiger partial charge in [-0.3, -0.25) is 0 Å². The van der Waals surface area contributed by atoms with Crippen LogP contribution in [0.2, 0.25) is 0 Å². The molecule has 0 radical (unpaired) electrons. The Hall–Kier alpha value is -1.30. The molecule has 2 amide bonds. The molecular formula is C14H27N3O3. The molecule has 0 saturated carbocycles. The van der Waals surface area contributed by atoms with Gasteiger partial charge in [-0.05, 0) is 31.8 Å². The smallest absolute Gasteiger partial charge is 0.326 e. The third-order valence-electron chi connectivity index (χ3n) is 4.13. The van der Waals surface area contributed by atoms with Gasteiger partial charge in [0, 0.05) is 20.1 Å². The number of rotatable bonds is 6. The van der Waals surface area contributed by atoms with Crippen molar-refractivity contribution in [3.05, 3.63) is 0 Å². The van der Waals surface area contributed by atoms with E-state index in [9.17, 15) is 14.7 Å². The fourth-order valence-electron chi connectivity index (χ4n) is 2.57. The lowest BCUT2D eigenvalue weighted by Crippen LogP contribution is -2.50. The molecule has 0 aromatic heterocycles. The highest BCUT2D eigenvalue weighted by atomic mass is 16.4. The average molecular weight is 285 g/mol. The Bertz CT molecular complexity index is 349. The lowest BCUT2D eigenvalue weighted by molar-refractivity contribution is -0.140. The highest BCUT2D eigenvalue weighted by Crippen LogP contribution is 2.15. The largest absolute Gasteiger partial charge is 0.480 e. The predicted molar refractivity (Wildman–Crippen MR) is 77.6 cm³/mol. The molecule has 3 atom stereocenters. The standard InChI is InChI=1S/C14H27N3O3/c1-5-10(2)12(13(18)19)15-14(20)17(4)9-11-6-7-16(3)8-11/h10-12H,5-9H2,1-4H3,(H,15,20)(H,18,19). The number of carbonyl (C=O) groups excluding carboxylic acids is 1. The van der Waals surface area contributed by atoms with Crippen LogP contribution in [0.1, 0.15) is 26.7 Å². The molecule has 0 aromatic rings. The number of amides is 2. The molecule has 0 aliphatic carbocycles. The number of carbonyl (C=O) groups is 2. The summed E-state index contributed by atoms with van der Waals surface area (Å²) in [6, 6.07) is -1.12. The molecule has 1 aliphatic rings. The molecule has 1 aliphatic heterocycles. The molecule has 1 heterocycles. The highest BCUT2D eigenvalue weighted by Gasteiger charge is 2.28. The van der Waals surface area contributed by atoms with Crippen LogP contribution in [0, 0.1) is 11.8 Å². The van der Waals surface area contributed by atoms with Gasteiger partial charge in [0.1, 0.15) is 6.04 Å². The number of nitrogens with one attached hydrogen (secondary N) is 1. The van der Waals surface area contributed by atoms with Gasteiger partial charge in [-0.1, -0.05) is 20.3 Å². The molecule has 0 aromatic carbocycles. The lowest BCUT2D eigenvalue weighted by Gasteiger charge is -2.26. The maximum absolute atomic E-state index is 12.1. The first-order valence-electron chi connectivity index (χ1n) is 7.28. The van der Waals surface area contributed by atoms with E-state index >= 15 is 0 Å². The number of carboxylic acids is 1. The van der Waals surface area contributed by atoms with Crippen molar-refractivity contribution in [2.24, 2.45) is 11.8 Å². The Balaban J connectivity index is 2.49. The first kappa shape index (κ1) is 16.8. The quantitative estimate of drug-likeness (QED) is 0.766. The Labute approximate surface area is 121 Å². The molecule has 0 spiro atoms. The maximum atomic E-state index is 12.1. The number of urea groups is 1. The second-order valence-corrected chi connectivity index (χ2v) is 5.95. The van der Waals surface area contributed by atoms with E-state index in [1.54, 1.807) is 11.9 Å². The second-order valence-electron chi connectivity index (χ2n) is 5.95. The fraction of sp³-hybridized carbons (Fsp3) is 0.857. The number of likely N-dealkylation sites (tertiary alicyclic amines) is 1. The van der Waals surface area contributed by atoms with Gasteiger partial charge in [0.25, 0.3) is 0 Å². The van der Waals surface area contributed by atoms with Crippen LogP contribution in [0.25, 0.3) is 0 Å². The first-order valence-corrected chi connectivity index (χ1v) is 7.28. The summed E-state index contributed by atoms with van der Waals surface area (Å²) in [4.78, 5) is 27.1. The second kappa shape index (κ2) is 7.47. The number of hydrogen-bond acceptors (Lipinski definition) is 3. The molecule has 6 nitrogen and oxygen atoms in total. The summed E-state index contributed by atoms with van der Waals surface area (Å²) >= 11 is 0. The van der Waals surface area contributed by atoms with Crippen molar-refractivity contribution < 1.29 is 14.7 Å². The van der Waals surface area contributed by atoms with E-state index in [2.05, 4.69) is 17.3 Å². The van der Waals surface area contributed by atoms with Crippen LogP contribution in [0.4, 0.5) is 4.79 Å². The zero-order valence-electron chi connectivity index (χ0n) is 12.9. The van der Waals surface area contributed by atoms with Crippen molar-refractivity contribution in [3.8, 4) is 0 Å². The number of carboxylic acid groups (broad SMARTS) is 1. The minimum Gasteiger partial charge on any atom is -0.480 e. The molecule has 0 bridgehead atoms. The Morgan fingerprint density at radius 3 is 2.60 bits per heavy atom. The van der Waals surface area contributed by atoms with E-state index in [0.717, 1.165) is 19.5 Å².